The quantitative estimate of drug-likeness (QED) is 0.855. The molecule has 0 spiro atoms. The van der Waals surface area contributed by atoms with Crippen molar-refractivity contribution in [3.8, 4) is 0 Å². The molecule has 2 rings (SSSR count). The fraction of sp³-hybridized carbons (Fsp3) is 0.312. The molecule has 1 amide bonds. The van der Waals surface area contributed by atoms with Crippen LogP contribution in [0.1, 0.15) is 35.8 Å². The molecular formula is C16H19N3O3. The minimum atomic E-state index is -1.10. The highest BCUT2D eigenvalue weighted by molar-refractivity contribution is 5.96. The first-order chi connectivity index (χ1) is 10.5. The summed E-state index contributed by atoms with van der Waals surface area (Å²) in [5.41, 5.74) is 0.876. The van der Waals surface area contributed by atoms with Crippen LogP contribution in [0.5, 0.6) is 0 Å². The lowest BCUT2D eigenvalue weighted by Gasteiger charge is -2.14. The number of hydrogen-bond acceptors (Lipinski definition) is 3. The van der Waals surface area contributed by atoms with Crippen LogP contribution >= 0.6 is 0 Å². The van der Waals surface area contributed by atoms with Crippen LogP contribution in [-0.4, -0.2) is 26.8 Å². The van der Waals surface area contributed by atoms with E-state index in [9.17, 15) is 14.7 Å². The third kappa shape index (κ3) is 3.94. The molecule has 2 N–H and O–H groups in total. The van der Waals surface area contributed by atoms with Gasteiger partial charge in [-0.3, -0.25) is 9.48 Å². The average molecular weight is 301 g/mol. The predicted octanol–water partition coefficient (Wildman–Crippen LogP) is 2.09. The number of carboxylic acids is 1. The number of carboxylic acid groups (broad SMARTS) is 1. The largest absolute Gasteiger partial charge is 0.479 e. The van der Waals surface area contributed by atoms with Crippen LogP contribution < -0.4 is 5.32 Å². The Hall–Kier alpha value is -2.63. The zero-order valence-corrected chi connectivity index (χ0v) is 12.6. The molecule has 1 heterocycles. The van der Waals surface area contributed by atoms with Crippen molar-refractivity contribution in [2.45, 2.75) is 26.4 Å². The lowest BCUT2D eigenvalue weighted by Crippen LogP contribution is -2.33. The first kappa shape index (κ1) is 15.8. The summed E-state index contributed by atoms with van der Waals surface area (Å²) < 4.78 is 1.68. The molecule has 2 aromatic rings. The van der Waals surface area contributed by atoms with Gasteiger partial charge in [0.05, 0.1) is 11.8 Å². The number of nitrogens with zero attached hydrogens (tertiary/aromatic N) is 2. The van der Waals surface area contributed by atoms with Crippen molar-refractivity contribution in [1.29, 1.82) is 0 Å². The molecule has 0 aliphatic rings. The molecule has 0 aliphatic carbocycles. The van der Waals surface area contributed by atoms with E-state index in [2.05, 4.69) is 24.3 Å². The Morgan fingerprint density at radius 3 is 2.55 bits per heavy atom. The third-order valence-corrected chi connectivity index (χ3v) is 3.10. The standard InChI is InChI=1S/C16H19N3O3/c1-11(2)9-19-10-13(8-17-19)15(20)18-14(16(21)22)12-6-4-3-5-7-12/h3-8,10-11,14H,9H2,1-2H3,(H,18,20)(H,21,22)/t14-/m1/s1. The molecule has 0 radical (unpaired) electrons. The second-order valence-electron chi connectivity index (χ2n) is 5.50. The smallest absolute Gasteiger partial charge is 0.330 e. The first-order valence-corrected chi connectivity index (χ1v) is 7.08. The second kappa shape index (κ2) is 6.89. The van der Waals surface area contributed by atoms with Gasteiger partial charge in [0.15, 0.2) is 6.04 Å². The van der Waals surface area contributed by atoms with Gasteiger partial charge in [0.1, 0.15) is 0 Å². The van der Waals surface area contributed by atoms with Crippen LogP contribution in [0.25, 0.3) is 0 Å². The van der Waals surface area contributed by atoms with E-state index in [0.717, 1.165) is 0 Å². The van der Waals surface area contributed by atoms with Gasteiger partial charge in [-0.05, 0) is 11.5 Å². The van der Waals surface area contributed by atoms with Crippen molar-refractivity contribution >= 4 is 11.9 Å². The van der Waals surface area contributed by atoms with Crippen molar-refractivity contribution in [3.05, 3.63) is 53.9 Å². The summed E-state index contributed by atoms with van der Waals surface area (Å²) in [5, 5.41) is 15.9. The van der Waals surface area contributed by atoms with Crippen molar-refractivity contribution in [1.82, 2.24) is 15.1 Å². The summed E-state index contributed by atoms with van der Waals surface area (Å²) in [4.78, 5) is 23.6. The molecule has 6 nitrogen and oxygen atoms in total. The Kier molecular flexibility index (Phi) is 4.93. The Balaban J connectivity index is 2.12. The molecule has 1 atom stereocenters. The van der Waals surface area contributed by atoms with Crippen molar-refractivity contribution in [3.63, 3.8) is 0 Å². The number of carbonyl (C=O) groups is 2. The lowest BCUT2D eigenvalue weighted by atomic mass is 10.1. The van der Waals surface area contributed by atoms with E-state index in [1.165, 1.54) is 6.20 Å². The van der Waals surface area contributed by atoms with Gasteiger partial charge in [0.25, 0.3) is 5.91 Å². The Morgan fingerprint density at radius 2 is 1.95 bits per heavy atom. The molecule has 0 saturated heterocycles. The maximum atomic E-state index is 12.2. The molecule has 0 unspecified atom stereocenters. The number of aliphatic carboxylic acids is 1. The summed E-state index contributed by atoms with van der Waals surface area (Å²) >= 11 is 0. The van der Waals surface area contributed by atoms with Crippen LogP contribution in [-0.2, 0) is 11.3 Å². The summed E-state index contributed by atoms with van der Waals surface area (Å²) in [6.45, 7) is 4.81. The summed E-state index contributed by atoms with van der Waals surface area (Å²) in [7, 11) is 0. The minimum absolute atomic E-state index is 0.350. The van der Waals surface area contributed by atoms with Crippen LogP contribution in [0, 0.1) is 5.92 Å². The predicted molar refractivity (Wildman–Crippen MR) is 81.4 cm³/mol. The van der Waals surface area contributed by atoms with Gasteiger partial charge in [-0.2, -0.15) is 5.10 Å². The molecular weight excluding hydrogens is 282 g/mol. The third-order valence-electron chi connectivity index (χ3n) is 3.10. The fourth-order valence-electron chi connectivity index (χ4n) is 2.10. The van der Waals surface area contributed by atoms with Gasteiger partial charge in [-0.1, -0.05) is 44.2 Å². The van der Waals surface area contributed by atoms with Gasteiger partial charge >= 0.3 is 5.97 Å². The zero-order valence-electron chi connectivity index (χ0n) is 12.6. The molecule has 0 aliphatic heterocycles. The number of benzene rings is 1. The molecule has 22 heavy (non-hydrogen) atoms. The van der Waals surface area contributed by atoms with E-state index in [1.807, 2.05) is 0 Å². The highest BCUT2D eigenvalue weighted by atomic mass is 16.4. The number of carbonyl (C=O) groups excluding carboxylic acids is 1. The molecule has 1 aromatic heterocycles. The van der Waals surface area contributed by atoms with Gasteiger partial charge < -0.3 is 10.4 Å². The minimum Gasteiger partial charge on any atom is -0.479 e. The highest BCUT2D eigenvalue weighted by Gasteiger charge is 2.23. The van der Waals surface area contributed by atoms with E-state index in [0.29, 0.717) is 23.6 Å². The SMILES string of the molecule is CC(C)Cn1cc(C(=O)N[C@@H](C(=O)O)c2ccccc2)cn1. The molecule has 0 bridgehead atoms. The van der Waals surface area contributed by atoms with E-state index in [-0.39, 0.29) is 0 Å². The molecule has 0 fully saturated rings. The molecule has 1 aromatic carbocycles. The first-order valence-electron chi connectivity index (χ1n) is 7.08. The second-order valence-corrected chi connectivity index (χ2v) is 5.50. The van der Waals surface area contributed by atoms with E-state index in [1.54, 1.807) is 41.2 Å². The monoisotopic (exact) mass is 301 g/mol. The summed E-state index contributed by atoms with van der Waals surface area (Å²) in [6, 6.07) is 7.51. The van der Waals surface area contributed by atoms with E-state index in [4.69, 9.17) is 0 Å². The highest BCUT2D eigenvalue weighted by Crippen LogP contribution is 2.14. The number of hydrogen-bond donors (Lipinski definition) is 2. The van der Waals surface area contributed by atoms with Crippen molar-refractivity contribution in [2.75, 3.05) is 0 Å². The average Bonchev–Trinajstić information content (AvgIpc) is 2.93. The normalized spacial score (nSPS) is 12.1. The maximum absolute atomic E-state index is 12.2. The van der Waals surface area contributed by atoms with Gasteiger partial charge in [-0.15, -0.1) is 0 Å². The van der Waals surface area contributed by atoms with Crippen LogP contribution in [0.4, 0.5) is 0 Å². The Morgan fingerprint density at radius 1 is 1.27 bits per heavy atom. The number of amides is 1. The van der Waals surface area contributed by atoms with Crippen LogP contribution in [0.3, 0.4) is 0 Å². The van der Waals surface area contributed by atoms with Gasteiger partial charge in [0.2, 0.25) is 0 Å². The van der Waals surface area contributed by atoms with Crippen LogP contribution in [0.15, 0.2) is 42.7 Å². The number of rotatable bonds is 6. The molecule has 6 heteroatoms. The zero-order chi connectivity index (χ0) is 16.1. The topological polar surface area (TPSA) is 84.2 Å². The molecule has 116 valence electrons. The summed E-state index contributed by atoms with van der Waals surface area (Å²) in [5.74, 6) is -1.15. The summed E-state index contributed by atoms with van der Waals surface area (Å²) in [6.07, 6.45) is 3.07. The number of nitrogens with one attached hydrogen (secondary N) is 1. The van der Waals surface area contributed by atoms with Gasteiger partial charge in [-0.25, -0.2) is 4.79 Å². The fourth-order valence-corrected chi connectivity index (χ4v) is 2.10. The maximum Gasteiger partial charge on any atom is 0.330 e. The molecule has 0 saturated carbocycles. The Labute approximate surface area is 128 Å². The van der Waals surface area contributed by atoms with Gasteiger partial charge in [0, 0.05) is 12.7 Å². The lowest BCUT2D eigenvalue weighted by molar-refractivity contribution is -0.139. The van der Waals surface area contributed by atoms with E-state index < -0.39 is 17.9 Å². The van der Waals surface area contributed by atoms with Crippen molar-refractivity contribution < 1.29 is 14.7 Å². The number of aromatic nitrogens is 2. The van der Waals surface area contributed by atoms with E-state index >= 15 is 0 Å². The Bertz CT molecular complexity index is 650. The van der Waals surface area contributed by atoms with Crippen molar-refractivity contribution in [2.24, 2.45) is 5.92 Å². The van der Waals surface area contributed by atoms with Crippen LogP contribution in [0.2, 0.25) is 0 Å².